The number of anilines is 2. The van der Waals surface area contributed by atoms with Crippen molar-refractivity contribution in [2.24, 2.45) is 0 Å². The predicted molar refractivity (Wildman–Crippen MR) is 145 cm³/mol. The first-order chi connectivity index (χ1) is 18.2. The highest BCUT2D eigenvalue weighted by Crippen LogP contribution is 2.45. The maximum atomic E-state index is 13.5. The topological polar surface area (TPSA) is 88.5 Å². The molecule has 0 aromatic heterocycles. The third-order valence-electron chi connectivity index (χ3n) is 6.45. The molecule has 2 aliphatic rings. The monoisotopic (exact) mass is 514 g/mol. The number of amides is 1. The Labute approximate surface area is 221 Å². The quantitative estimate of drug-likeness (QED) is 0.283. The number of hydrogen-bond donors (Lipinski definition) is 1. The zero-order valence-electron chi connectivity index (χ0n) is 21.8. The summed E-state index contributed by atoms with van der Waals surface area (Å²) in [5, 5.41) is 11.5. The van der Waals surface area contributed by atoms with Crippen LogP contribution in [0, 0.1) is 0 Å². The van der Waals surface area contributed by atoms with Gasteiger partial charge in [0.1, 0.15) is 24.7 Å². The highest BCUT2D eigenvalue weighted by Gasteiger charge is 2.47. The number of ether oxygens (including phenoxy) is 3. The van der Waals surface area contributed by atoms with Gasteiger partial charge < -0.3 is 24.2 Å². The Morgan fingerprint density at radius 1 is 0.974 bits per heavy atom. The SMILES string of the molecule is CC(C)Oc1cccc(/C(O)=C2\C(=O)C(=O)N(c3ccc4c(c3)OCCO4)C2c2ccc(N(C)C)cc2)c1. The van der Waals surface area contributed by atoms with Gasteiger partial charge in [-0.15, -0.1) is 0 Å². The Balaban J connectivity index is 1.66. The Bertz CT molecular complexity index is 1410. The summed E-state index contributed by atoms with van der Waals surface area (Å²) in [7, 11) is 3.87. The molecule has 3 aromatic carbocycles. The molecule has 5 rings (SSSR count). The van der Waals surface area contributed by atoms with Gasteiger partial charge in [0.05, 0.1) is 17.7 Å². The lowest BCUT2D eigenvalue weighted by Crippen LogP contribution is -2.29. The third-order valence-corrected chi connectivity index (χ3v) is 6.45. The minimum Gasteiger partial charge on any atom is -0.507 e. The van der Waals surface area contributed by atoms with Crippen molar-refractivity contribution in [2.75, 3.05) is 37.1 Å². The molecule has 0 radical (unpaired) electrons. The van der Waals surface area contributed by atoms with Gasteiger partial charge in [-0.1, -0.05) is 24.3 Å². The van der Waals surface area contributed by atoms with E-state index in [-0.39, 0.29) is 17.4 Å². The number of carbonyl (C=O) groups is 2. The molecule has 1 unspecified atom stereocenters. The van der Waals surface area contributed by atoms with Crippen LogP contribution in [0.5, 0.6) is 17.2 Å². The van der Waals surface area contributed by atoms with E-state index in [4.69, 9.17) is 14.2 Å². The van der Waals surface area contributed by atoms with Gasteiger partial charge in [-0.3, -0.25) is 14.5 Å². The molecule has 1 saturated heterocycles. The van der Waals surface area contributed by atoms with Crippen LogP contribution in [0.1, 0.15) is 31.0 Å². The van der Waals surface area contributed by atoms with Crippen molar-refractivity contribution in [2.45, 2.75) is 26.0 Å². The second kappa shape index (κ2) is 10.1. The fraction of sp³-hybridized carbons (Fsp3) is 0.267. The summed E-state index contributed by atoms with van der Waals surface area (Å²) < 4.78 is 17.1. The molecular formula is C30H30N2O6. The van der Waals surface area contributed by atoms with E-state index in [2.05, 4.69) is 0 Å². The molecule has 1 fully saturated rings. The molecular weight excluding hydrogens is 484 g/mol. The number of hydrogen-bond acceptors (Lipinski definition) is 7. The first kappa shape index (κ1) is 25.2. The largest absolute Gasteiger partial charge is 0.507 e. The molecule has 1 atom stereocenters. The third kappa shape index (κ3) is 4.65. The Hall–Kier alpha value is -4.46. The van der Waals surface area contributed by atoms with Gasteiger partial charge in [-0.2, -0.15) is 0 Å². The Morgan fingerprint density at radius 3 is 2.37 bits per heavy atom. The van der Waals surface area contributed by atoms with E-state index in [1.54, 1.807) is 42.5 Å². The summed E-state index contributed by atoms with van der Waals surface area (Å²) in [6.45, 7) is 4.64. The van der Waals surface area contributed by atoms with E-state index in [1.165, 1.54) is 4.90 Å². The number of carbonyl (C=O) groups excluding carboxylic acids is 2. The molecule has 2 aliphatic heterocycles. The first-order valence-electron chi connectivity index (χ1n) is 12.5. The minimum absolute atomic E-state index is 0.00388. The summed E-state index contributed by atoms with van der Waals surface area (Å²) in [6, 6.07) is 18.7. The summed E-state index contributed by atoms with van der Waals surface area (Å²) in [5.74, 6) is -0.147. The van der Waals surface area contributed by atoms with Gasteiger partial charge in [0, 0.05) is 37.1 Å². The van der Waals surface area contributed by atoms with Crippen LogP contribution in [-0.4, -0.2) is 50.2 Å². The van der Waals surface area contributed by atoms with Crippen LogP contribution >= 0.6 is 0 Å². The number of benzene rings is 3. The van der Waals surface area contributed by atoms with Crippen molar-refractivity contribution in [3.63, 3.8) is 0 Å². The fourth-order valence-electron chi connectivity index (χ4n) is 4.70. The number of Topliss-reactive ketones (excluding diaryl/α,β-unsaturated/α-hetero) is 1. The number of nitrogens with zero attached hydrogens (tertiary/aromatic N) is 2. The molecule has 1 amide bonds. The highest BCUT2D eigenvalue weighted by atomic mass is 16.6. The molecule has 8 nitrogen and oxygen atoms in total. The summed E-state index contributed by atoms with van der Waals surface area (Å²) in [6.07, 6.45) is -0.0663. The van der Waals surface area contributed by atoms with Crippen molar-refractivity contribution in [1.29, 1.82) is 0 Å². The van der Waals surface area contributed by atoms with Crippen molar-refractivity contribution < 1.29 is 28.9 Å². The van der Waals surface area contributed by atoms with Crippen LogP contribution in [-0.2, 0) is 9.59 Å². The lowest BCUT2D eigenvalue weighted by molar-refractivity contribution is -0.132. The van der Waals surface area contributed by atoms with Gasteiger partial charge in [-0.05, 0) is 55.8 Å². The zero-order valence-corrected chi connectivity index (χ0v) is 21.8. The summed E-state index contributed by atoms with van der Waals surface area (Å²) >= 11 is 0. The van der Waals surface area contributed by atoms with Crippen molar-refractivity contribution in [3.05, 3.63) is 83.4 Å². The Kier molecular flexibility index (Phi) is 6.72. The molecule has 0 spiro atoms. The molecule has 0 aliphatic carbocycles. The average Bonchev–Trinajstić information content (AvgIpc) is 3.18. The van der Waals surface area contributed by atoms with Crippen LogP contribution < -0.4 is 24.0 Å². The number of aliphatic hydroxyl groups is 1. The molecule has 3 aromatic rings. The maximum absolute atomic E-state index is 13.5. The predicted octanol–water partition coefficient (Wildman–Crippen LogP) is 4.94. The van der Waals surface area contributed by atoms with Gasteiger partial charge in [0.25, 0.3) is 11.7 Å². The standard InChI is InChI=1S/C30H30N2O6/c1-18(2)38-23-7-5-6-20(16-23)28(33)26-27(19-8-10-21(11-9-19)31(3)4)32(30(35)29(26)34)22-12-13-24-25(17-22)37-15-14-36-24/h5-13,16-18,27,33H,14-15H2,1-4H3/b28-26+. The number of fused-ring (bicyclic) bond motifs is 1. The van der Waals surface area contributed by atoms with Crippen molar-refractivity contribution in [3.8, 4) is 17.2 Å². The van der Waals surface area contributed by atoms with Crippen molar-refractivity contribution in [1.82, 2.24) is 0 Å². The molecule has 8 heteroatoms. The first-order valence-corrected chi connectivity index (χ1v) is 12.5. The van der Waals surface area contributed by atoms with Crippen molar-refractivity contribution >= 4 is 28.8 Å². The number of aliphatic hydroxyl groups excluding tert-OH is 1. The van der Waals surface area contributed by atoms with Gasteiger partial charge in [0.2, 0.25) is 0 Å². The second-order valence-corrected chi connectivity index (χ2v) is 9.68. The van der Waals surface area contributed by atoms with Gasteiger partial charge in [0.15, 0.2) is 11.5 Å². The molecule has 0 bridgehead atoms. The molecule has 1 N–H and O–H groups in total. The molecule has 196 valence electrons. The lowest BCUT2D eigenvalue weighted by Gasteiger charge is -2.27. The molecule has 0 saturated carbocycles. The average molecular weight is 515 g/mol. The van der Waals surface area contributed by atoms with E-state index in [9.17, 15) is 14.7 Å². The fourth-order valence-corrected chi connectivity index (χ4v) is 4.70. The van der Waals surface area contributed by atoms with Crippen LogP contribution in [0.3, 0.4) is 0 Å². The van der Waals surface area contributed by atoms with Crippen LogP contribution in [0.15, 0.2) is 72.3 Å². The minimum atomic E-state index is -0.858. The number of ketones is 1. The molecule has 2 heterocycles. The molecule has 38 heavy (non-hydrogen) atoms. The normalized spacial score (nSPS) is 18.1. The van der Waals surface area contributed by atoms with Crippen LogP contribution in [0.2, 0.25) is 0 Å². The van der Waals surface area contributed by atoms with Crippen LogP contribution in [0.4, 0.5) is 11.4 Å². The van der Waals surface area contributed by atoms with E-state index >= 15 is 0 Å². The van der Waals surface area contributed by atoms with Crippen LogP contribution in [0.25, 0.3) is 5.76 Å². The highest BCUT2D eigenvalue weighted by molar-refractivity contribution is 6.51. The maximum Gasteiger partial charge on any atom is 0.300 e. The van der Waals surface area contributed by atoms with E-state index in [0.717, 1.165) is 5.69 Å². The lowest BCUT2D eigenvalue weighted by atomic mass is 9.94. The van der Waals surface area contributed by atoms with E-state index in [0.29, 0.717) is 47.3 Å². The van der Waals surface area contributed by atoms with Gasteiger partial charge in [-0.25, -0.2) is 0 Å². The zero-order chi connectivity index (χ0) is 27.0. The summed E-state index contributed by atoms with van der Waals surface area (Å²) in [4.78, 5) is 30.4. The Morgan fingerprint density at radius 2 is 1.68 bits per heavy atom. The number of rotatable bonds is 6. The smallest absolute Gasteiger partial charge is 0.300 e. The summed E-state index contributed by atoms with van der Waals surface area (Å²) in [5.41, 5.74) is 2.50. The van der Waals surface area contributed by atoms with E-state index < -0.39 is 17.7 Å². The second-order valence-electron chi connectivity index (χ2n) is 9.68. The van der Waals surface area contributed by atoms with E-state index in [1.807, 2.05) is 57.1 Å². The van der Waals surface area contributed by atoms with Gasteiger partial charge >= 0.3 is 0 Å².